The van der Waals surface area contributed by atoms with Crippen LogP contribution in [0.2, 0.25) is 0 Å². The number of hydrogen-bond donors (Lipinski definition) is 0. The predicted molar refractivity (Wildman–Crippen MR) is 112 cm³/mol. The van der Waals surface area contributed by atoms with Crippen LogP contribution in [0.3, 0.4) is 0 Å². The van der Waals surface area contributed by atoms with Gasteiger partial charge in [-0.1, -0.05) is 12.1 Å². The van der Waals surface area contributed by atoms with Crippen LogP contribution in [0, 0.1) is 6.92 Å². The number of carbonyl (C=O) groups is 1. The van der Waals surface area contributed by atoms with E-state index in [1.54, 1.807) is 0 Å². The van der Waals surface area contributed by atoms with Crippen LogP contribution >= 0.6 is 0 Å². The van der Waals surface area contributed by atoms with Gasteiger partial charge in [0.1, 0.15) is 5.82 Å². The van der Waals surface area contributed by atoms with Gasteiger partial charge in [-0.05, 0) is 39.3 Å². The van der Waals surface area contributed by atoms with Gasteiger partial charge in [-0.2, -0.15) is 0 Å². The Hall–Kier alpha value is -2.32. The Morgan fingerprint density at radius 2 is 2.03 bits per heavy atom. The number of aryl methyl sites for hydroxylation is 2. The molecule has 8 nitrogen and oxygen atoms in total. The lowest BCUT2D eigenvalue weighted by molar-refractivity contribution is -0.136. The number of morpholine rings is 1. The van der Waals surface area contributed by atoms with E-state index in [1.165, 1.54) is 0 Å². The second kappa shape index (κ2) is 9.66. The number of nitrogens with zero attached hydrogens (tertiary/aromatic N) is 5. The van der Waals surface area contributed by atoms with Gasteiger partial charge in [-0.15, -0.1) is 0 Å². The van der Waals surface area contributed by atoms with Crippen molar-refractivity contribution in [1.29, 1.82) is 0 Å². The molecule has 1 amide bonds. The summed E-state index contributed by atoms with van der Waals surface area (Å²) < 4.78 is 10.9. The van der Waals surface area contributed by atoms with E-state index in [9.17, 15) is 4.79 Å². The summed E-state index contributed by atoms with van der Waals surface area (Å²) in [7, 11) is 0. The summed E-state index contributed by atoms with van der Waals surface area (Å²) in [5, 5.41) is 4.04. The minimum absolute atomic E-state index is 0.213. The normalized spacial score (nSPS) is 20.9. The Labute approximate surface area is 177 Å². The molecular formula is C22H31N5O3. The summed E-state index contributed by atoms with van der Waals surface area (Å²) in [6, 6.07) is 1.94. The summed E-state index contributed by atoms with van der Waals surface area (Å²) in [6.45, 7) is 9.01. The van der Waals surface area contributed by atoms with Crippen molar-refractivity contribution in [2.24, 2.45) is 0 Å². The molecule has 0 bridgehead atoms. The van der Waals surface area contributed by atoms with E-state index in [0.717, 1.165) is 67.3 Å². The Bertz CT molecular complexity index is 862. The highest BCUT2D eigenvalue weighted by molar-refractivity contribution is 5.78. The van der Waals surface area contributed by atoms with Crippen molar-refractivity contribution in [3.63, 3.8) is 0 Å². The topological polar surface area (TPSA) is 84.6 Å². The number of carbonyl (C=O) groups excluding carboxylic acids is 1. The molecule has 2 aliphatic rings. The molecule has 0 unspecified atom stereocenters. The van der Waals surface area contributed by atoms with Crippen LogP contribution in [0.15, 0.2) is 16.8 Å². The number of rotatable bonds is 5. The van der Waals surface area contributed by atoms with Gasteiger partial charge < -0.3 is 14.2 Å². The van der Waals surface area contributed by atoms with Gasteiger partial charge >= 0.3 is 0 Å². The molecule has 0 spiro atoms. The highest BCUT2D eigenvalue weighted by Crippen LogP contribution is 2.34. The standard InChI is InChI=1S/C22H31N5O3/c1-3-20-23-14-18(19-13-16(2)25-30-19)22(24-20)17-5-4-7-26(8-6-17)15-21(28)27-9-11-29-12-10-27/h13-14,17H,3-12,15H2,1-2H3/t17-/m1/s1. The molecular weight excluding hydrogens is 382 g/mol. The van der Waals surface area contributed by atoms with Crippen LogP contribution < -0.4 is 0 Å². The fraction of sp³-hybridized carbons (Fsp3) is 0.636. The second-order valence-corrected chi connectivity index (χ2v) is 8.17. The van der Waals surface area contributed by atoms with Gasteiger partial charge in [0.25, 0.3) is 0 Å². The highest BCUT2D eigenvalue weighted by Gasteiger charge is 2.26. The maximum Gasteiger partial charge on any atom is 0.236 e. The van der Waals surface area contributed by atoms with Crippen LogP contribution in [-0.2, 0) is 16.0 Å². The molecule has 2 fully saturated rings. The van der Waals surface area contributed by atoms with Crippen molar-refractivity contribution in [1.82, 2.24) is 24.9 Å². The Morgan fingerprint density at radius 3 is 2.77 bits per heavy atom. The van der Waals surface area contributed by atoms with Crippen molar-refractivity contribution in [2.75, 3.05) is 45.9 Å². The predicted octanol–water partition coefficient (Wildman–Crippen LogP) is 2.43. The lowest BCUT2D eigenvalue weighted by Crippen LogP contribution is -2.46. The number of likely N-dealkylation sites (tertiary alicyclic amines) is 1. The zero-order valence-electron chi connectivity index (χ0n) is 18.0. The zero-order chi connectivity index (χ0) is 20.9. The molecule has 2 aromatic rings. The van der Waals surface area contributed by atoms with E-state index in [4.69, 9.17) is 14.2 Å². The first-order valence-electron chi connectivity index (χ1n) is 11.0. The van der Waals surface area contributed by atoms with Crippen LogP contribution in [0.4, 0.5) is 0 Å². The van der Waals surface area contributed by atoms with Crippen LogP contribution in [0.25, 0.3) is 11.3 Å². The molecule has 0 saturated carbocycles. The largest absolute Gasteiger partial charge is 0.378 e. The van der Waals surface area contributed by atoms with Gasteiger partial charge in [0.2, 0.25) is 5.91 Å². The molecule has 0 N–H and O–H groups in total. The lowest BCUT2D eigenvalue weighted by atomic mass is 9.92. The van der Waals surface area contributed by atoms with Crippen molar-refractivity contribution in [3.05, 3.63) is 29.5 Å². The van der Waals surface area contributed by atoms with Gasteiger partial charge in [0, 0.05) is 37.7 Å². The Kier molecular flexibility index (Phi) is 6.74. The maximum atomic E-state index is 12.6. The fourth-order valence-corrected chi connectivity index (χ4v) is 4.29. The van der Waals surface area contributed by atoms with E-state index in [0.29, 0.717) is 38.8 Å². The molecule has 2 aliphatic heterocycles. The smallest absolute Gasteiger partial charge is 0.236 e. The highest BCUT2D eigenvalue weighted by atomic mass is 16.5. The molecule has 4 rings (SSSR count). The molecule has 30 heavy (non-hydrogen) atoms. The van der Waals surface area contributed by atoms with E-state index in [1.807, 2.05) is 24.1 Å². The van der Waals surface area contributed by atoms with Gasteiger partial charge in [0.05, 0.1) is 36.7 Å². The first-order chi connectivity index (χ1) is 14.6. The molecule has 0 radical (unpaired) electrons. The van der Waals surface area contributed by atoms with Gasteiger partial charge in [-0.25, -0.2) is 9.97 Å². The average molecular weight is 414 g/mol. The summed E-state index contributed by atoms with van der Waals surface area (Å²) in [6.07, 6.45) is 5.74. The quantitative estimate of drug-likeness (QED) is 0.744. The monoisotopic (exact) mass is 413 g/mol. The first-order valence-corrected chi connectivity index (χ1v) is 11.0. The van der Waals surface area contributed by atoms with Crippen LogP contribution in [0.1, 0.15) is 49.3 Å². The number of amides is 1. The molecule has 0 aromatic carbocycles. The third kappa shape index (κ3) is 4.87. The second-order valence-electron chi connectivity index (χ2n) is 8.17. The molecule has 4 heterocycles. The number of hydrogen-bond acceptors (Lipinski definition) is 7. The first kappa shape index (κ1) is 20.9. The Balaban J connectivity index is 1.46. The van der Waals surface area contributed by atoms with Crippen LogP contribution in [0.5, 0.6) is 0 Å². The van der Waals surface area contributed by atoms with Crippen molar-refractivity contribution in [3.8, 4) is 11.3 Å². The van der Waals surface area contributed by atoms with Gasteiger partial charge in [0.15, 0.2) is 5.76 Å². The maximum absolute atomic E-state index is 12.6. The number of aromatic nitrogens is 3. The third-order valence-electron chi connectivity index (χ3n) is 6.01. The molecule has 2 saturated heterocycles. The molecule has 162 valence electrons. The molecule has 0 aliphatic carbocycles. The minimum Gasteiger partial charge on any atom is -0.378 e. The average Bonchev–Trinajstić information content (AvgIpc) is 3.08. The van der Waals surface area contributed by atoms with E-state index < -0.39 is 0 Å². The SMILES string of the molecule is CCc1ncc(-c2cc(C)no2)c([C@@H]2CCCN(CC(=O)N3CCOCC3)CC2)n1. The summed E-state index contributed by atoms with van der Waals surface area (Å²) in [5.74, 6) is 2.12. The molecule has 8 heteroatoms. The van der Waals surface area contributed by atoms with E-state index in [-0.39, 0.29) is 5.91 Å². The van der Waals surface area contributed by atoms with Gasteiger partial charge in [-0.3, -0.25) is 9.69 Å². The summed E-state index contributed by atoms with van der Waals surface area (Å²) in [4.78, 5) is 26.3. The lowest BCUT2D eigenvalue weighted by Gasteiger charge is -2.29. The Morgan fingerprint density at radius 1 is 1.20 bits per heavy atom. The summed E-state index contributed by atoms with van der Waals surface area (Å²) in [5.41, 5.74) is 2.85. The summed E-state index contributed by atoms with van der Waals surface area (Å²) >= 11 is 0. The van der Waals surface area contributed by atoms with Crippen molar-refractivity contribution >= 4 is 5.91 Å². The fourth-order valence-electron chi connectivity index (χ4n) is 4.29. The van der Waals surface area contributed by atoms with Crippen molar-refractivity contribution < 1.29 is 14.1 Å². The molecule has 1 atom stereocenters. The van der Waals surface area contributed by atoms with Crippen LogP contribution in [-0.4, -0.2) is 76.8 Å². The third-order valence-corrected chi connectivity index (χ3v) is 6.01. The van der Waals surface area contributed by atoms with Crippen molar-refractivity contribution in [2.45, 2.75) is 45.4 Å². The van der Waals surface area contributed by atoms with E-state index >= 15 is 0 Å². The minimum atomic E-state index is 0.213. The molecule has 2 aromatic heterocycles. The number of ether oxygens (including phenoxy) is 1. The van der Waals surface area contributed by atoms with E-state index in [2.05, 4.69) is 22.0 Å². The zero-order valence-corrected chi connectivity index (χ0v) is 18.0.